The topological polar surface area (TPSA) is 47.3 Å². The Bertz CT molecular complexity index is 609. The van der Waals surface area contributed by atoms with Gasteiger partial charge < -0.3 is 9.84 Å². The van der Waals surface area contributed by atoms with E-state index in [-0.39, 0.29) is 0 Å². The average Bonchev–Trinajstić information content (AvgIpc) is 2.97. The van der Waals surface area contributed by atoms with Crippen LogP contribution < -0.4 is 4.74 Å². The second-order valence-electron chi connectivity index (χ2n) is 4.82. The van der Waals surface area contributed by atoms with Crippen LogP contribution in [0.15, 0.2) is 29.0 Å². The molecule has 0 radical (unpaired) electrons. The van der Waals surface area contributed by atoms with Crippen molar-refractivity contribution in [3.05, 3.63) is 45.7 Å². The predicted octanol–water partition coefficient (Wildman–Crippen LogP) is 2.39. The summed E-state index contributed by atoms with van der Waals surface area (Å²) in [4.78, 5) is 0. The van der Waals surface area contributed by atoms with Crippen LogP contribution in [0, 0.1) is 0 Å². The number of aliphatic hydroxyl groups is 1. The van der Waals surface area contributed by atoms with E-state index in [1.807, 2.05) is 19.3 Å². The molecule has 0 saturated carbocycles. The summed E-state index contributed by atoms with van der Waals surface area (Å²) in [6.07, 6.45) is 4.45. The Hall–Kier alpha value is -1.33. The van der Waals surface area contributed by atoms with Crippen LogP contribution in [-0.4, -0.2) is 21.5 Å². The monoisotopic (exact) mass is 322 g/mol. The van der Waals surface area contributed by atoms with Gasteiger partial charge in [0.25, 0.3) is 0 Å². The van der Waals surface area contributed by atoms with Gasteiger partial charge in [0.1, 0.15) is 5.75 Å². The molecule has 4 nitrogen and oxygen atoms in total. The Morgan fingerprint density at radius 3 is 3.11 bits per heavy atom. The Morgan fingerprint density at radius 1 is 1.53 bits per heavy atom. The second kappa shape index (κ2) is 4.98. The largest absolute Gasteiger partial charge is 0.493 e. The van der Waals surface area contributed by atoms with Gasteiger partial charge in [0.15, 0.2) is 0 Å². The Labute approximate surface area is 120 Å². The number of aryl methyl sites for hydroxylation is 1. The van der Waals surface area contributed by atoms with Crippen molar-refractivity contribution in [1.29, 1.82) is 0 Å². The first kappa shape index (κ1) is 12.7. The highest BCUT2D eigenvalue weighted by Crippen LogP contribution is 2.35. The van der Waals surface area contributed by atoms with Gasteiger partial charge in [-0.05, 0) is 23.3 Å². The maximum Gasteiger partial charge on any atom is 0.125 e. The molecule has 19 heavy (non-hydrogen) atoms. The lowest BCUT2D eigenvalue weighted by Crippen LogP contribution is -2.02. The first-order chi connectivity index (χ1) is 9.13. The first-order valence-corrected chi connectivity index (χ1v) is 7.03. The third-order valence-corrected chi connectivity index (χ3v) is 3.81. The fourth-order valence-electron chi connectivity index (χ4n) is 2.44. The minimum atomic E-state index is -0.559. The van der Waals surface area contributed by atoms with Crippen LogP contribution in [-0.2, 0) is 19.9 Å². The van der Waals surface area contributed by atoms with E-state index >= 15 is 0 Å². The third kappa shape index (κ3) is 2.53. The molecule has 1 unspecified atom stereocenters. The van der Waals surface area contributed by atoms with Crippen LogP contribution in [0.5, 0.6) is 5.75 Å². The van der Waals surface area contributed by atoms with E-state index in [1.54, 1.807) is 10.9 Å². The summed E-state index contributed by atoms with van der Waals surface area (Å²) < 4.78 is 8.40. The molecule has 0 fully saturated rings. The van der Waals surface area contributed by atoms with E-state index in [9.17, 15) is 5.11 Å². The zero-order valence-corrected chi connectivity index (χ0v) is 12.2. The highest BCUT2D eigenvalue weighted by atomic mass is 79.9. The number of aliphatic hydroxyl groups excluding tert-OH is 1. The van der Waals surface area contributed by atoms with Gasteiger partial charge in [0.2, 0.25) is 0 Å². The number of rotatable bonds is 3. The van der Waals surface area contributed by atoms with Crippen molar-refractivity contribution in [2.45, 2.75) is 18.9 Å². The molecule has 1 N–H and O–H groups in total. The molecular weight excluding hydrogens is 308 g/mol. The molecule has 1 aliphatic rings. The van der Waals surface area contributed by atoms with Gasteiger partial charge >= 0.3 is 0 Å². The molecule has 0 saturated heterocycles. The molecule has 1 aromatic heterocycles. The molecule has 5 heteroatoms. The van der Waals surface area contributed by atoms with Gasteiger partial charge in [-0.2, -0.15) is 5.10 Å². The number of hydrogen-bond donors (Lipinski definition) is 1. The quantitative estimate of drug-likeness (QED) is 0.943. The van der Waals surface area contributed by atoms with Gasteiger partial charge in [0.05, 0.1) is 18.9 Å². The van der Waals surface area contributed by atoms with Gasteiger partial charge in [0, 0.05) is 36.1 Å². The lowest BCUT2D eigenvalue weighted by atomic mass is 10.0. The summed E-state index contributed by atoms with van der Waals surface area (Å²) in [5.74, 6) is 0.936. The van der Waals surface area contributed by atoms with Crippen LogP contribution in [0.4, 0.5) is 0 Å². The fourth-order valence-corrected chi connectivity index (χ4v) is 2.99. The highest BCUT2D eigenvalue weighted by molar-refractivity contribution is 9.10. The number of halogens is 1. The van der Waals surface area contributed by atoms with Crippen LogP contribution >= 0.6 is 15.9 Å². The normalized spacial score (nSPS) is 15.1. The lowest BCUT2D eigenvalue weighted by molar-refractivity contribution is 0.177. The third-order valence-electron chi connectivity index (χ3n) is 3.35. The minimum absolute atomic E-state index is 0.535. The van der Waals surface area contributed by atoms with E-state index in [4.69, 9.17) is 4.74 Å². The second-order valence-corrected chi connectivity index (χ2v) is 5.73. The molecule has 2 heterocycles. The summed E-state index contributed by atoms with van der Waals surface area (Å²) in [5.41, 5.74) is 3.08. The van der Waals surface area contributed by atoms with Crippen LogP contribution in [0.25, 0.3) is 0 Å². The zero-order valence-electron chi connectivity index (χ0n) is 10.6. The van der Waals surface area contributed by atoms with E-state index < -0.39 is 6.10 Å². The van der Waals surface area contributed by atoms with Crippen molar-refractivity contribution >= 4 is 15.9 Å². The summed E-state index contributed by atoms with van der Waals surface area (Å²) in [6, 6.07) is 4.10. The molecule has 100 valence electrons. The summed E-state index contributed by atoms with van der Waals surface area (Å²) in [7, 11) is 1.84. The molecular formula is C14H15BrN2O2. The van der Waals surface area contributed by atoms with Crippen LogP contribution in [0.2, 0.25) is 0 Å². The molecule has 0 bridgehead atoms. The van der Waals surface area contributed by atoms with E-state index in [1.165, 1.54) is 5.56 Å². The Morgan fingerprint density at radius 2 is 2.37 bits per heavy atom. The molecule has 2 aromatic rings. The van der Waals surface area contributed by atoms with E-state index in [0.717, 1.165) is 34.4 Å². The first-order valence-electron chi connectivity index (χ1n) is 6.24. The molecule has 0 spiro atoms. The number of ether oxygens (including phenoxy) is 1. The molecule has 3 rings (SSSR count). The van der Waals surface area contributed by atoms with Crippen molar-refractivity contribution < 1.29 is 9.84 Å². The SMILES string of the molecule is Cn1cc(C(O)Cc2cc(Br)cc3c2OCC3)cn1. The summed E-state index contributed by atoms with van der Waals surface area (Å²) in [5, 5.41) is 14.4. The Balaban J connectivity index is 1.87. The molecule has 1 atom stereocenters. The van der Waals surface area contributed by atoms with E-state index in [2.05, 4.69) is 27.1 Å². The van der Waals surface area contributed by atoms with Crippen molar-refractivity contribution in [1.82, 2.24) is 9.78 Å². The molecule has 0 aliphatic carbocycles. The molecule has 1 aromatic carbocycles. The van der Waals surface area contributed by atoms with Gasteiger partial charge in [-0.1, -0.05) is 15.9 Å². The van der Waals surface area contributed by atoms with Crippen molar-refractivity contribution in [3.63, 3.8) is 0 Å². The zero-order chi connectivity index (χ0) is 13.4. The molecule has 1 aliphatic heterocycles. The number of fused-ring (bicyclic) bond motifs is 1. The Kier molecular flexibility index (Phi) is 3.33. The maximum atomic E-state index is 10.3. The van der Waals surface area contributed by atoms with E-state index in [0.29, 0.717) is 6.42 Å². The maximum absolute atomic E-state index is 10.3. The fraction of sp³-hybridized carbons (Fsp3) is 0.357. The average molecular weight is 323 g/mol. The summed E-state index contributed by atoms with van der Waals surface area (Å²) >= 11 is 3.51. The number of nitrogens with zero attached hydrogens (tertiary/aromatic N) is 2. The van der Waals surface area contributed by atoms with Crippen LogP contribution in [0.1, 0.15) is 22.8 Å². The highest BCUT2D eigenvalue weighted by Gasteiger charge is 2.20. The van der Waals surface area contributed by atoms with Crippen molar-refractivity contribution in [3.8, 4) is 5.75 Å². The molecule has 0 amide bonds. The van der Waals surface area contributed by atoms with Crippen LogP contribution in [0.3, 0.4) is 0 Å². The lowest BCUT2D eigenvalue weighted by Gasteiger charge is -2.12. The van der Waals surface area contributed by atoms with Gasteiger partial charge in [-0.25, -0.2) is 0 Å². The van der Waals surface area contributed by atoms with Gasteiger partial charge in [-0.15, -0.1) is 0 Å². The number of benzene rings is 1. The smallest absolute Gasteiger partial charge is 0.125 e. The van der Waals surface area contributed by atoms with Crippen molar-refractivity contribution in [2.75, 3.05) is 6.61 Å². The standard InChI is InChI=1S/C14H15BrN2O2/c1-17-8-11(7-16-17)13(18)6-10-5-12(15)4-9-2-3-19-14(9)10/h4-5,7-8,13,18H,2-3,6H2,1H3. The predicted molar refractivity (Wildman–Crippen MR) is 75.2 cm³/mol. The van der Waals surface area contributed by atoms with Gasteiger partial charge in [-0.3, -0.25) is 4.68 Å². The summed E-state index contributed by atoms with van der Waals surface area (Å²) in [6.45, 7) is 0.724. The number of hydrogen-bond acceptors (Lipinski definition) is 3. The number of aromatic nitrogens is 2. The minimum Gasteiger partial charge on any atom is -0.493 e. The van der Waals surface area contributed by atoms with Crippen molar-refractivity contribution in [2.24, 2.45) is 7.05 Å².